The Morgan fingerprint density at radius 2 is 2.04 bits per heavy atom. The molecule has 0 unspecified atom stereocenters. The Morgan fingerprint density at radius 3 is 2.75 bits per heavy atom. The zero-order valence-corrected chi connectivity index (χ0v) is 14.6. The zero-order chi connectivity index (χ0) is 17.3. The average molecular weight is 367 g/mol. The van der Waals surface area contributed by atoms with Crippen LogP contribution in [0.3, 0.4) is 0 Å². The minimum atomic E-state index is -0.458. The number of benzene rings is 1. The van der Waals surface area contributed by atoms with Crippen molar-refractivity contribution in [2.24, 2.45) is 0 Å². The van der Waals surface area contributed by atoms with E-state index in [2.05, 4.69) is 10.2 Å². The van der Waals surface area contributed by atoms with Gasteiger partial charge >= 0.3 is 0 Å². The molecule has 1 aromatic heterocycles. The molecular weight excluding hydrogens is 351 g/mol. The molecule has 1 amide bonds. The number of carbonyl (C=O) groups excluding carboxylic acids is 1. The van der Waals surface area contributed by atoms with Gasteiger partial charge in [0.2, 0.25) is 5.91 Å². The molecule has 1 aliphatic heterocycles. The van der Waals surface area contributed by atoms with Crippen molar-refractivity contribution >= 4 is 34.8 Å². The molecule has 1 fully saturated rings. The lowest BCUT2D eigenvalue weighted by atomic mass is 10.1. The van der Waals surface area contributed by atoms with Crippen molar-refractivity contribution < 1.29 is 4.79 Å². The van der Waals surface area contributed by atoms with Crippen LogP contribution < -0.4 is 10.5 Å². The van der Waals surface area contributed by atoms with Crippen LogP contribution in [0.1, 0.15) is 11.1 Å². The van der Waals surface area contributed by atoms with Gasteiger partial charge in [-0.05, 0) is 30.2 Å². The van der Waals surface area contributed by atoms with E-state index in [1.807, 2.05) is 25.1 Å². The summed E-state index contributed by atoms with van der Waals surface area (Å²) in [6.07, 6.45) is 1.47. The average Bonchev–Trinajstić information content (AvgIpc) is 2.54. The lowest BCUT2D eigenvalue weighted by molar-refractivity contribution is -0.131. The first-order valence-corrected chi connectivity index (χ1v) is 8.22. The molecule has 0 radical (unpaired) electrons. The Bertz CT molecular complexity index is 837. The van der Waals surface area contributed by atoms with E-state index in [0.29, 0.717) is 30.3 Å². The fourth-order valence-electron chi connectivity index (χ4n) is 2.72. The molecule has 2 heterocycles. The predicted octanol–water partition coefficient (Wildman–Crippen LogP) is 2.23. The van der Waals surface area contributed by atoms with Gasteiger partial charge in [-0.25, -0.2) is 5.10 Å². The molecule has 126 valence electrons. The summed E-state index contributed by atoms with van der Waals surface area (Å²) in [6, 6.07) is 5.65. The Kier molecular flexibility index (Phi) is 4.78. The molecule has 0 aliphatic carbocycles. The van der Waals surface area contributed by atoms with E-state index in [4.69, 9.17) is 23.2 Å². The molecule has 24 heavy (non-hydrogen) atoms. The van der Waals surface area contributed by atoms with E-state index in [1.165, 1.54) is 6.20 Å². The van der Waals surface area contributed by atoms with Gasteiger partial charge in [0.15, 0.2) is 0 Å². The van der Waals surface area contributed by atoms with Crippen LogP contribution in [0.5, 0.6) is 0 Å². The number of piperazine rings is 1. The predicted molar refractivity (Wildman–Crippen MR) is 93.7 cm³/mol. The summed E-state index contributed by atoms with van der Waals surface area (Å²) >= 11 is 12.0. The molecule has 2 aromatic rings. The number of carbonyl (C=O) groups is 1. The number of hydrogen-bond donors (Lipinski definition) is 1. The van der Waals surface area contributed by atoms with Crippen molar-refractivity contribution in [3.63, 3.8) is 0 Å². The summed E-state index contributed by atoms with van der Waals surface area (Å²) in [5.41, 5.74) is 2.15. The first-order valence-electron chi connectivity index (χ1n) is 7.46. The summed E-state index contributed by atoms with van der Waals surface area (Å²) in [5, 5.41) is 6.76. The smallest absolute Gasteiger partial charge is 0.285 e. The third-order valence-corrected chi connectivity index (χ3v) is 4.70. The van der Waals surface area contributed by atoms with Gasteiger partial charge in [-0.15, -0.1) is 0 Å². The van der Waals surface area contributed by atoms with E-state index in [1.54, 1.807) is 9.80 Å². The highest BCUT2D eigenvalue weighted by molar-refractivity contribution is 6.33. The number of hydrogen-bond acceptors (Lipinski definition) is 4. The highest BCUT2D eigenvalue weighted by Crippen LogP contribution is 2.23. The topological polar surface area (TPSA) is 69.3 Å². The van der Waals surface area contributed by atoms with Crippen molar-refractivity contribution in [2.45, 2.75) is 13.5 Å². The van der Waals surface area contributed by atoms with Crippen molar-refractivity contribution in [3.8, 4) is 0 Å². The van der Waals surface area contributed by atoms with Gasteiger partial charge < -0.3 is 9.80 Å². The minimum Gasteiger partial charge on any atom is -0.358 e. The van der Waals surface area contributed by atoms with E-state index in [-0.39, 0.29) is 17.5 Å². The molecule has 0 saturated carbocycles. The normalized spacial score (nSPS) is 15.0. The molecule has 6 nitrogen and oxygen atoms in total. The van der Waals surface area contributed by atoms with E-state index < -0.39 is 5.56 Å². The first kappa shape index (κ1) is 16.8. The van der Waals surface area contributed by atoms with Gasteiger partial charge in [0.1, 0.15) is 5.02 Å². The quantitative estimate of drug-likeness (QED) is 0.904. The van der Waals surface area contributed by atoms with Crippen molar-refractivity contribution in [1.29, 1.82) is 0 Å². The molecule has 1 N–H and O–H groups in total. The van der Waals surface area contributed by atoms with Gasteiger partial charge in [-0.3, -0.25) is 9.59 Å². The maximum Gasteiger partial charge on any atom is 0.285 e. The number of aromatic nitrogens is 2. The van der Waals surface area contributed by atoms with Crippen LogP contribution in [0.15, 0.2) is 29.2 Å². The maximum absolute atomic E-state index is 12.5. The van der Waals surface area contributed by atoms with E-state index in [0.717, 1.165) is 11.1 Å². The Labute approximate surface area is 149 Å². The highest BCUT2D eigenvalue weighted by Gasteiger charge is 2.26. The number of H-pyrrole nitrogens is 1. The van der Waals surface area contributed by atoms with Crippen LogP contribution in [0, 0.1) is 6.92 Å². The number of rotatable bonds is 3. The van der Waals surface area contributed by atoms with Crippen LogP contribution in [-0.2, 0) is 11.3 Å². The number of amides is 1. The van der Waals surface area contributed by atoms with E-state index >= 15 is 0 Å². The molecule has 0 atom stereocenters. The van der Waals surface area contributed by atoms with Crippen LogP contribution >= 0.6 is 23.2 Å². The molecule has 0 bridgehead atoms. The van der Waals surface area contributed by atoms with Crippen LogP contribution in [0.2, 0.25) is 10.0 Å². The monoisotopic (exact) mass is 366 g/mol. The first-order chi connectivity index (χ1) is 11.5. The van der Waals surface area contributed by atoms with Gasteiger partial charge in [0.05, 0.1) is 18.4 Å². The summed E-state index contributed by atoms with van der Waals surface area (Å²) in [7, 11) is 0. The summed E-state index contributed by atoms with van der Waals surface area (Å²) < 4.78 is 0. The molecule has 1 aromatic carbocycles. The number of nitrogens with zero attached hydrogens (tertiary/aromatic N) is 3. The van der Waals surface area contributed by atoms with Crippen molar-refractivity contribution in [1.82, 2.24) is 15.1 Å². The number of aryl methyl sites for hydroxylation is 1. The lowest BCUT2D eigenvalue weighted by Crippen LogP contribution is -2.50. The number of anilines is 1. The molecular formula is C16H16Cl2N4O2. The Balaban J connectivity index is 1.72. The second kappa shape index (κ2) is 6.83. The molecule has 1 saturated heterocycles. The Morgan fingerprint density at radius 1 is 1.25 bits per heavy atom. The number of halogens is 2. The molecule has 8 heteroatoms. The van der Waals surface area contributed by atoms with E-state index in [9.17, 15) is 9.59 Å². The van der Waals surface area contributed by atoms with Gasteiger partial charge in [-0.2, -0.15) is 5.10 Å². The summed E-state index contributed by atoms with van der Waals surface area (Å²) in [6.45, 7) is 3.81. The SMILES string of the molecule is Cc1cc(Cl)ccc1CN1CCN(c2cn[nH]c(=O)c2Cl)CC1=O. The Hall–Kier alpha value is -2.05. The van der Waals surface area contributed by atoms with Crippen LogP contribution in [0.4, 0.5) is 5.69 Å². The second-order valence-electron chi connectivity index (χ2n) is 5.71. The van der Waals surface area contributed by atoms with Crippen LogP contribution in [0.25, 0.3) is 0 Å². The fraction of sp³-hybridized carbons (Fsp3) is 0.312. The van der Waals surface area contributed by atoms with Crippen LogP contribution in [-0.4, -0.2) is 40.6 Å². The third kappa shape index (κ3) is 3.39. The molecule has 1 aliphatic rings. The molecule has 3 rings (SSSR count). The largest absolute Gasteiger partial charge is 0.358 e. The fourth-order valence-corrected chi connectivity index (χ4v) is 3.16. The maximum atomic E-state index is 12.5. The van der Waals surface area contributed by atoms with Gasteiger partial charge in [0.25, 0.3) is 5.56 Å². The zero-order valence-electron chi connectivity index (χ0n) is 13.1. The minimum absolute atomic E-state index is 0.0213. The van der Waals surface area contributed by atoms with Crippen molar-refractivity contribution in [2.75, 3.05) is 24.5 Å². The summed E-state index contributed by atoms with van der Waals surface area (Å²) in [4.78, 5) is 27.6. The highest BCUT2D eigenvalue weighted by atomic mass is 35.5. The summed E-state index contributed by atoms with van der Waals surface area (Å²) in [5.74, 6) is -0.0213. The second-order valence-corrected chi connectivity index (χ2v) is 6.52. The number of nitrogens with one attached hydrogen (secondary N) is 1. The third-order valence-electron chi connectivity index (χ3n) is 4.10. The standard InChI is InChI=1S/C16H16Cl2N4O2/c1-10-6-12(17)3-2-11(10)8-22-5-4-21(9-14(22)23)13-7-19-20-16(24)15(13)18/h2-3,6-7H,4-5,8-9H2,1H3,(H,20,24). The molecule has 0 spiro atoms. The van der Waals surface area contributed by atoms with Gasteiger partial charge in [-0.1, -0.05) is 29.3 Å². The van der Waals surface area contributed by atoms with Crippen molar-refractivity contribution in [3.05, 3.63) is 55.9 Å². The number of aromatic amines is 1. The van der Waals surface area contributed by atoms with Gasteiger partial charge in [0, 0.05) is 24.7 Å². The lowest BCUT2D eigenvalue weighted by Gasteiger charge is -2.35.